The molecule has 0 N–H and O–H groups in total. The van der Waals surface area contributed by atoms with Crippen molar-refractivity contribution in [1.82, 2.24) is 14.5 Å². The van der Waals surface area contributed by atoms with Gasteiger partial charge in [-0.15, -0.1) is 0 Å². The van der Waals surface area contributed by atoms with Crippen LogP contribution in [0.25, 0.3) is 11.3 Å². The van der Waals surface area contributed by atoms with Gasteiger partial charge in [-0.3, -0.25) is 9.78 Å². The molecule has 2 aliphatic heterocycles. The fraction of sp³-hybridized carbons (Fsp3) is 0.524. The van der Waals surface area contributed by atoms with Crippen LogP contribution in [0, 0.1) is 18.8 Å². The Balaban J connectivity index is 1.70. The maximum Gasteiger partial charge on any atom is 0.251 e. The smallest absolute Gasteiger partial charge is 0.251 e. The number of hydrogen-bond donors (Lipinski definition) is 0. The number of piperidine rings is 1. The maximum atomic E-state index is 12.7. The van der Waals surface area contributed by atoms with E-state index in [1.54, 1.807) is 6.07 Å². The molecular weight excluding hydrogens is 310 g/mol. The molecule has 0 amide bonds. The molecule has 132 valence electrons. The summed E-state index contributed by atoms with van der Waals surface area (Å²) in [4.78, 5) is 19.8. The molecule has 0 aromatic carbocycles. The third-order valence-electron chi connectivity index (χ3n) is 5.46. The third-order valence-corrected chi connectivity index (χ3v) is 5.46. The SMILES string of the molecule is Cc1ccc(-c2cc3n(c(=O)c2)C[C@H]2C[C@@H]3CN(CC(C)C)C2)nc1. The van der Waals surface area contributed by atoms with E-state index in [1.807, 2.05) is 23.8 Å². The molecule has 4 heteroatoms. The molecular formula is C21H27N3O. The zero-order chi connectivity index (χ0) is 17.6. The lowest BCUT2D eigenvalue weighted by Crippen LogP contribution is -2.48. The standard InChI is InChI=1S/C21H27N3O/c1-14(2)10-23-11-16-6-18(13-23)20-7-17(8-21(25)24(20)12-16)19-5-4-15(3)9-22-19/h4-5,7-9,14,16,18H,6,10-13H2,1-3H3/t16-,18+/m0/s1. The van der Waals surface area contributed by atoms with Crippen molar-refractivity contribution in [3.63, 3.8) is 0 Å². The van der Waals surface area contributed by atoms with E-state index in [9.17, 15) is 4.79 Å². The third kappa shape index (κ3) is 3.28. The fourth-order valence-electron chi connectivity index (χ4n) is 4.51. The molecule has 0 radical (unpaired) electrons. The van der Waals surface area contributed by atoms with E-state index >= 15 is 0 Å². The lowest BCUT2D eigenvalue weighted by atomic mass is 9.82. The van der Waals surface area contributed by atoms with Crippen LogP contribution < -0.4 is 5.56 Å². The average molecular weight is 337 g/mol. The van der Waals surface area contributed by atoms with Crippen LogP contribution in [0.1, 0.15) is 37.4 Å². The molecule has 1 saturated heterocycles. The Labute approximate surface area is 149 Å². The van der Waals surface area contributed by atoms with Gasteiger partial charge >= 0.3 is 0 Å². The van der Waals surface area contributed by atoms with Gasteiger partial charge in [-0.1, -0.05) is 19.9 Å². The van der Waals surface area contributed by atoms with Crippen LogP contribution in [0.4, 0.5) is 0 Å². The molecule has 2 aliphatic rings. The molecule has 2 aromatic rings. The Morgan fingerprint density at radius 2 is 2.04 bits per heavy atom. The minimum atomic E-state index is 0.127. The van der Waals surface area contributed by atoms with E-state index in [4.69, 9.17) is 0 Å². The van der Waals surface area contributed by atoms with Gasteiger partial charge in [0.15, 0.2) is 0 Å². The molecule has 0 unspecified atom stereocenters. The quantitative estimate of drug-likeness (QED) is 0.862. The van der Waals surface area contributed by atoms with Gasteiger partial charge < -0.3 is 9.47 Å². The highest BCUT2D eigenvalue weighted by Crippen LogP contribution is 2.36. The number of likely N-dealkylation sites (tertiary alicyclic amines) is 1. The number of pyridine rings is 2. The van der Waals surface area contributed by atoms with E-state index in [2.05, 4.69) is 35.9 Å². The highest BCUT2D eigenvalue weighted by atomic mass is 16.1. The Morgan fingerprint density at radius 3 is 2.76 bits per heavy atom. The summed E-state index contributed by atoms with van der Waals surface area (Å²) in [5.41, 5.74) is 4.31. The highest BCUT2D eigenvalue weighted by Gasteiger charge is 2.34. The zero-order valence-electron chi connectivity index (χ0n) is 15.4. The van der Waals surface area contributed by atoms with E-state index in [0.717, 1.165) is 43.0 Å². The van der Waals surface area contributed by atoms with E-state index in [1.165, 1.54) is 12.1 Å². The van der Waals surface area contributed by atoms with E-state index in [0.29, 0.717) is 17.8 Å². The largest absolute Gasteiger partial charge is 0.312 e. The van der Waals surface area contributed by atoms with Crippen molar-refractivity contribution in [2.45, 2.75) is 39.7 Å². The van der Waals surface area contributed by atoms with E-state index < -0.39 is 0 Å². The van der Waals surface area contributed by atoms with Crippen molar-refractivity contribution in [2.75, 3.05) is 19.6 Å². The first-order chi connectivity index (χ1) is 12.0. The Bertz CT molecular complexity index is 822. The van der Waals surface area contributed by atoms with Crippen LogP contribution in [-0.2, 0) is 6.54 Å². The number of aryl methyl sites for hydroxylation is 1. The second-order valence-electron chi connectivity index (χ2n) is 8.25. The molecule has 1 fully saturated rings. The summed E-state index contributed by atoms with van der Waals surface area (Å²) in [5.74, 6) is 1.75. The number of nitrogens with zero attached hydrogens (tertiary/aromatic N) is 3. The minimum Gasteiger partial charge on any atom is -0.312 e. The molecule has 2 bridgehead atoms. The molecule has 2 aromatic heterocycles. The summed E-state index contributed by atoms with van der Waals surface area (Å²) in [6, 6.07) is 8.03. The van der Waals surface area contributed by atoms with Crippen molar-refractivity contribution in [1.29, 1.82) is 0 Å². The molecule has 0 aliphatic carbocycles. The summed E-state index contributed by atoms with van der Waals surface area (Å²) in [6.07, 6.45) is 3.08. The van der Waals surface area contributed by atoms with Gasteiger partial charge in [0.25, 0.3) is 5.56 Å². The van der Waals surface area contributed by atoms with Crippen molar-refractivity contribution >= 4 is 0 Å². The molecule has 2 atom stereocenters. The van der Waals surface area contributed by atoms with Crippen molar-refractivity contribution < 1.29 is 0 Å². The normalized spacial score (nSPS) is 22.9. The molecule has 4 nitrogen and oxygen atoms in total. The van der Waals surface area contributed by atoms with Crippen molar-refractivity contribution in [2.24, 2.45) is 11.8 Å². The predicted octanol–water partition coefficient (Wildman–Crippen LogP) is 3.29. The van der Waals surface area contributed by atoms with Crippen LogP contribution in [0.3, 0.4) is 0 Å². The lowest BCUT2D eigenvalue weighted by molar-refractivity contribution is 0.109. The molecule has 0 saturated carbocycles. The van der Waals surface area contributed by atoms with Crippen LogP contribution in [0.5, 0.6) is 0 Å². The molecule has 4 heterocycles. The van der Waals surface area contributed by atoms with Crippen LogP contribution in [-0.4, -0.2) is 34.1 Å². The summed E-state index contributed by atoms with van der Waals surface area (Å²) >= 11 is 0. The monoisotopic (exact) mass is 337 g/mol. The van der Waals surface area contributed by atoms with Gasteiger partial charge in [-0.05, 0) is 42.9 Å². The second-order valence-corrected chi connectivity index (χ2v) is 8.25. The highest BCUT2D eigenvalue weighted by molar-refractivity contribution is 5.59. The first-order valence-corrected chi connectivity index (χ1v) is 9.39. The van der Waals surface area contributed by atoms with Gasteiger partial charge in [0.1, 0.15) is 0 Å². The first kappa shape index (κ1) is 16.5. The van der Waals surface area contributed by atoms with Crippen LogP contribution >= 0.6 is 0 Å². The van der Waals surface area contributed by atoms with Gasteiger partial charge in [-0.2, -0.15) is 0 Å². The lowest BCUT2D eigenvalue weighted by Gasteiger charge is -2.43. The second kappa shape index (κ2) is 6.41. The number of aromatic nitrogens is 2. The molecule has 0 spiro atoms. The van der Waals surface area contributed by atoms with Crippen molar-refractivity contribution in [3.8, 4) is 11.3 Å². The maximum absolute atomic E-state index is 12.7. The van der Waals surface area contributed by atoms with Gasteiger partial charge in [0, 0.05) is 55.6 Å². The number of rotatable bonds is 3. The van der Waals surface area contributed by atoms with Crippen molar-refractivity contribution in [3.05, 3.63) is 52.1 Å². The first-order valence-electron chi connectivity index (χ1n) is 9.39. The fourth-order valence-corrected chi connectivity index (χ4v) is 4.51. The van der Waals surface area contributed by atoms with Crippen LogP contribution in [0.2, 0.25) is 0 Å². The minimum absolute atomic E-state index is 0.127. The summed E-state index contributed by atoms with van der Waals surface area (Å²) in [6.45, 7) is 10.8. The topological polar surface area (TPSA) is 38.1 Å². The van der Waals surface area contributed by atoms with Crippen LogP contribution in [0.15, 0.2) is 35.3 Å². The Morgan fingerprint density at radius 1 is 1.20 bits per heavy atom. The summed E-state index contributed by atoms with van der Waals surface area (Å²) in [5, 5.41) is 0. The average Bonchev–Trinajstić information content (AvgIpc) is 2.55. The Hall–Kier alpha value is -1.94. The predicted molar refractivity (Wildman–Crippen MR) is 101 cm³/mol. The molecule has 25 heavy (non-hydrogen) atoms. The molecule has 4 rings (SSSR count). The van der Waals surface area contributed by atoms with E-state index in [-0.39, 0.29) is 5.56 Å². The van der Waals surface area contributed by atoms with Gasteiger partial charge in [0.05, 0.1) is 5.69 Å². The number of fused-ring (bicyclic) bond motifs is 4. The van der Waals surface area contributed by atoms with Gasteiger partial charge in [-0.25, -0.2) is 0 Å². The van der Waals surface area contributed by atoms with Gasteiger partial charge in [0.2, 0.25) is 0 Å². The Kier molecular flexibility index (Phi) is 4.24. The summed E-state index contributed by atoms with van der Waals surface area (Å²) in [7, 11) is 0. The summed E-state index contributed by atoms with van der Waals surface area (Å²) < 4.78 is 2.02. The number of hydrogen-bond acceptors (Lipinski definition) is 3. The zero-order valence-corrected chi connectivity index (χ0v) is 15.4.